The predicted octanol–water partition coefficient (Wildman–Crippen LogP) is 2.41. The number of oxime groups is 1. The maximum absolute atomic E-state index is 8.81. The lowest BCUT2D eigenvalue weighted by atomic mass is 9.86. The fraction of sp³-hybridized carbons (Fsp3) is 0.929. The Balaban J connectivity index is 1.89. The highest BCUT2D eigenvalue weighted by Gasteiger charge is 2.35. The average molecular weight is 253 g/mol. The highest BCUT2D eigenvalue weighted by atomic mass is 16.4. The minimum atomic E-state index is -0.208. The number of amidine groups is 1. The number of fused-ring (bicyclic) bond motifs is 1. The molecule has 1 saturated carbocycles. The zero-order valence-corrected chi connectivity index (χ0v) is 11.7. The number of hydrogen-bond donors (Lipinski definition) is 2. The molecule has 3 N–H and O–H groups in total. The van der Waals surface area contributed by atoms with Crippen LogP contribution in [0.4, 0.5) is 0 Å². The van der Waals surface area contributed by atoms with Crippen LogP contribution in [0.5, 0.6) is 0 Å². The van der Waals surface area contributed by atoms with Crippen LogP contribution >= 0.6 is 0 Å². The van der Waals surface area contributed by atoms with Crippen molar-refractivity contribution in [3.63, 3.8) is 0 Å². The van der Waals surface area contributed by atoms with Crippen LogP contribution in [0.2, 0.25) is 0 Å². The molecule has 2 aliphatic rings. The van der Waals surface area contributed by atoms with Gasteiger partial charge in [0.25, 0.3) is 0 Å². The number of nitrogens with zero attached hydrogens (tertiary/aromatic N) is 2. The van der Waals surface area contributed by atoms with Crippen molar-refractivity contribution in [2.75, 3.05) is 13.1 Å². The van der Waals surface area contributed by atoms with E-state index in [1.165, 1.54) is 38.6 Å². The van der Waals surface area contributed by atoms with E-state index >= 15 is 0 Å². The molecule has 0 aromatic heterocycles. The zero-order chi connectivity index (χ0) is 13.2. The number of nitrogens with two attached hydrogens (primary N) is 1. The van der Waals surface area contributed by atoms with E-state index < -0.39 is 0 Å². The van der Waals surface area contributed by atoms with Crippen molar-refractivity contribution >= 4 is 5.84 Å². The monoisotopic (exact) mass is 253 g/mol. The molecule has 0 amide bonds. The third-order valence-electron chi connectivity index (χ3n) is 4.93. The second-order valence-corrected chi connectivity index (χ2v) is 6.56. The fourth-order valence-electron chi connectivity index (χ4n) is 3.52. The van der Waals surface area contributed by atoms with Crippen molar-refractivity contribution in [3.05, 3.63) is 0 Å². The summed E-state index contributed by atoms with van der Waals surface area (Å²) in [5.74, 6) is 1.29. The third kappa shape index (κ3) is 2.79. The second-order valence-electron chi connectivity index (χ2n) is 6.56. The van der Waals surface area contributed by atoms with E-state index in [2.05, 4.69) is 23.9 Å². The van der Waals surface area contributed by atoms with E-state index in [9.17, 15) is 0 Å². The first kappa shape index (κ1) is 13.7. The van der Waals surface area contributed by atoms with Crippen LogP contribution in [0.25, 0.3) is 0 Å². The Morgan fingerprint density at radius 3 is 2.78 bits per heavy atom. The van der Waals surface area contributed by atoms with Gasteiger partial charge in [-0.3, -0.25) is 0 Å². The molecule has 104 valence electrons. The van der Waals surface area contributed by atoms with Gasteiger partial charge in [0.2, 0.25) is 0 Å². The summed E-state index contributed by atoms with van der Waals surface area (Å²) in [6.07, 6.45) is 7.91. The SMILES string of the molecule is CC(C)(CCN1CCCC2CCCC21)C(N)=NO. The van der Waals surface area contributed by atoms with Gasteiger partial charge in [-0.05, 0) is 51.1 Å². The molecule has 2 fully saturated rings. The molecule has 2 unspecified atom stereocenters. The molecular weight excluding hydrogens is 226 g/mol. The van der Waals surface area contributed by atoms with Gasteiger partial charge >= 0.3 is 0 Å². The Hall–Kier alpha value is -0.770. The molecule has 0 aromatic carbocycles. The molecule has 2 rings (SSSR count). The predicted molar refractivity (Wildman–Crippen MR) is 73.7 cm³/mol. The van der Waals surface area contributed by atoms with Gasteiger partial charge in [0.05, 0.1) is 0 Å². The summed E-state index contributed by atoms with van der Waals surface area (Å²) in [6, 6.07) is 0.807. The van der Waals surface area contributed by atoms with Crippen molar-refractivity contribution in [1.82, 2.24) is 4.90 Å². The summed E-state index contributed by atoms with van der Waals surface area (Å²) >= 11 is 0. The molecule has 2 atom stereocenters. The van der Waals surface area contributed by atoms with Gasteiger partial charge in [-0.1, -0.05) is 25.4 Å². The molecule has 1 saturated heterocycles. The van der Waals surface area contributed by atoms with E-state index in [0.29, 0.717) is 5.84 Å². The smallest absolute Gasteiger partial charge is 0.144 e. The molecule has 0 radical (unpaired) electrons. The Morgan fingerprint density at radius 1 is 1.33 bits per heavy atom. The third-order valence-corrected chi connectivity index (χ3v) is 4.93. The van der Waals surface area contributed by atoms with E-state index in [1.54, 1.807) is 0 Å². The Bertz CT molecular complexity index is 314. The van der Waals surface area contributed by atoms with Crippen LogP contribution in [-0.4, -0.2) is 35.1 Å². The van der Waals surface area contributed by atoms with Gasteiger partial charge < -0.3 is 15.8 Å². The van der Waals surface area contributed by atoms with Gasteiger partial charge in [-0.25, -0.2) is 0 Å². The summed E-state index contributed by atoms with van der Waals surface area (Å²) in [5.41, 5.74) is 5.55. The molecule has 0 aromatic rings. The highest BCUT2D eigenvalue weighted by Crippen LogP contribution is 2.37. The van der Waals surface area contributed by atoms with Gasteiger partial charge in [-0.15, -0.1) is 0 Å². The van der Waals surface area contributed by atoms with Crippen LogP contribution in [-0.2, 0) is 0 Å². The summed E-state index contributed by atoms with van der Waals surface area (Å²) in [7, 11) is 0. The van der Waals surface area contributed by atoms with Crippen molar-refractivity contribution in [2.24, 2.45) is 22.2 Å². The normalized spacial score (nSPS) is 30.4. The number of rotatable bonds is 4. The molecule has 18 heavy (non-hydrogen) atoms. The van der Waals surface area contributed by atoms with E-state index in [1.807, 2.05) is 0 Å². The van der Waals surface area contributed by atoms with Crippen LogP contribution < -0.4 is 5.73 Å². The Labute approximate surface area is 110 Å². The standard InChI is InChI=1S/C14H27N3O/c1-14(2,13(15)16-18)8-10-17-9-4-6-11-5-3-7-12(11)17/h11-12,18H,3-10H2,1-2H3,(H2,15,16). The van der Waals surface area contributed by atoms with Gasteiger partial charge in [0.15, 0.2) is 0 Å². The quantitative estimate of drug-likeness (QED) is 0.350. The van der Waals surface area contributed by atoms with E-state index in [0.717, 1.165) is 24.9 Å². The first-order valence-corrected chi connectivity index (χ1v) is 7.26. The molecule has 0 spiro atoms. The Kier molecular flexibility index (Phi) is 4.15. The van der Waals surface area contributed by atoms with Crippen LogP contribution in [0.3, 0.4) is 0 Å². The van der Waals surface area contributed by atoms with Gasteiger partial charge in [-0.2, -0.15) is 0 Å². The fourth-order valence-corrected chi connectivity index (χ4v) is 3.52. The largest absolute Gasteiger partial charge is 0.409 e. The average Bonchev–Trinajstić information content (AvgIpc) is 2.84. The minimum Gasteiger partial charge on any atom is -0.409 e. The number of hydrogen-bond acceptors (Lipinski definition) is 3. The van der Waals surface area contributed by atoms with Gasteiger partial charge in [0, 0.05) is 11.5 Å². The van der Waals surface area contributed by atoms with Gasteiger partial charge in [0.1, 0.15) is 5.84 Å². The molecule has 4 heteroatoms. The molecule has 4 nitrogen and oxygen atoms in total. The lowest BCUT2D eigenvalue weighted by Crippen LogP contribution is -2.45. The van der Waals surface area contributed by atoms with E-state index in [4.69, 9.17) is 10.9 Å². The van der Waals surface area contributed by atoms with Crippen molar-refractivity contribution in [1.29, 1.82) is 0 Å². The first-order chi connectivity index (χ1) is 8.54. The summed E-state index contributed by atoms with van der Waals surface area (Å²) in [5, 5.41) is 12.0. The molecular formula is C14H27N3O. The van der Waals surface area contributed by atoms with Crippen molar-refractivity contribution < 1.29 is 5.21 Å². The van der Waals surface area contributed by atoms with Crippen molar-refractivity contribution in [3.8, 4) is 0 Å². The van der Waals surface area contributed by atoms with E-state index in [-0.39, 0.29) is 5.41 Å². The highest BCUT2D eigenvalue weighted by molar-refractivity contribution is 5.85. The maximum Gasteiger partial charge on any atom is 0.144 e. The Morgan fingerprint density at radius 2 is 2.06 bits per heavy atom. The van der Waals surface area contributed by atoms with Crippen LogP contribution in [0.15, 0.2) is 5.16 Å². The van der Waals surface area contributed by atoms with Crippen LogP contribution in [0.1, 0.15) is 52.4 Å². The maximum atomic E-state index is 8.81. The molecule has 1 aliphatic heterocycles. The van der Waals surface area contributed by atoms with Crippen LogP contribution in [0, 0.1) is 11.3 Å². The lowest BCUT2D eigenvalue weighted by molar-refractivity contribution is 0.104. The molecule has 1 heterocycles. The van der Waals surface area contributed by atoms with Crippen molar-refractivity contribution in [2.45, 2.75) is 58.4 Å². The second kappa shape index (κ2) is 5.47. The number of piperidine rings is 1. The summed E-state index contributed by atoms with van der Waals surface area (Å²) in [4.78, 5) is 2.65. The zero-order valence-electron chi connectivity index (χ0n) is 11.7. The molecule has 1 aliphatic carbocycles. The first-order valence-electron chi connectivity index (χ1n) is 7.26. The molecule has 0 bridgehead atoms. The summed E-state index contributed by atoms with van der Waals surface area (Å²) < 4.78 is 0. The summed E-state index contributed by atoms with van der Waals surface area (Å²) in [6.45, 7) is 6.41. The minimum absolute atomic E-state index is 0.208. The topological polar surface area (TPSA) is 61.8 Å². The lowest BCUT2D eigenvalue weighted by Gasteiger charge is -2.39. The number of likely N-dealkylation sites (tertiary alicyclic amines) is 1.